The number of aryl methyl sites for hydroxylation is 1. The van der Waals surface area contributed by atoms with Crippen LogP contribution in [0.2, 0.25) is 0 Å². The molecule has 1 saturated heterocycles. The average Bonchev–Trinajstić information content (AvgIpc) is 3.34. The molecule has 1 N–H and O–H groups in total. The molecule has 0 saturated carbocycles. The Morgan fingerprint density at radius 3 is 2.63 bits per heavy atom. The van der Waals surface area contributed by atoms with Crippen LogP contribution >= 0.6 is 0 Å². The van der Waals surface area contributed by atoms with E-state index in [4.69, 9.17) is 0 Å². The third kappa shape index (κ3) is 4.51. The molecular formula is C21H20F2N6O. The number of imidazole rings is 1. The number of hydrogen-bond donors (Lipinski definition) is 1. The summed E-state index contributed by atoms with van der Waals surface area (Å²) in [4.78, 5) is 26.8. The molecule has 0 bridgehead atoms. The zero-order valence-corrected chi connectivity index (χ0v) is 16.1. The molecule has 7 nitrogen and oxygen atoms in total. The number of carbonyl (C=O) groups excluding carboxylic acids is 1. The summed E-state index contributed by atoms with van der Waals surface area (Å²) in [6.45, 7) is 1.34. The number of benzene rings is 1. The number of pyridine rings is 1. The normalized spacial score (nSPS) is 17.5. The Kier molecular flexibility index (Phi) is 5.78. The van der Waals surface area contributed by atoms with Crippen LogP contribution in [0.1, 0.15) is 23.6 Å². The van der Waals surface area contributed by atoms with E-state index in [2.05, 4.69) is 20.3 Å². The van der Waals surface area contributed by atoms with Crippen LogP contribution in [0.5, 0.6) is 0 Å². The van der Waals surface area contributed by atoms with Gasteiger partial charge >= 0.3 is 6.03 Å². The second-order valence-electron chi connectivity index (χ2n) is 6.95. The molecule has 30 heavy (non-hydrogen) atoms. The monoisotopic (exact) mass is 410 g/mol. The highest BCUT2D eigenvalue weighted by Gasteiger charge is 2.37. The lowest BCUT2D eigenvalue weighted by molar-refractivity contribution is 0.204. The Labute approximate surface area is 172 Å². The second kappa shape index (κ2) is 8.81. The van der Waals surface area contributed by atoms with E-state index in [1.54, 1.807) is 35.9 Å². The first-order valence-corrected chi connectivity index (χ1v) is 9.53. The second-order valence-corrected chi connectivity index (χ2v) is 6.95. The first kappa shape index (κ1) is 19.7. The number of aromatic nitrogens is 3. The van der Waals surface area contributed by atoms with Crippen molar-refractivity contribution in [3.8, 4) is 0 Å². The first-order valence-electron chi connectivity index (χ1n) is 9.53. The molecule has 3 heterocycles. The third-order valence-electron chi connectivity index (χ3n) is 4.80. The van der Waals surface area contributed by atoms with Crippen LogP contribution in [0.4, 0.5) is 13.6 Å². The lowest BCUT2D eigenvalue weighted by atomic mass is 10.0. The van der Waals surface area contributed by atoms with Crippen LogP contribution in [-0.4, -0.2) is 37.8 Å². The summed E-state index contributed by atoms with van der Waals surface area (Å²) in [7, 11) is 0. The van der Waals surface area contributed by atoms with Gasteiger partial charge in [0, 0.05) is 43.9 Å². The number of halogens is 2. The maximum Gasteiger partial charge on any atom is 0.323 e. The van der Waals surface area contributed by atoms with Gasteiger partial charge in [-0.15, -0.1) is 0 Å². The summed E-state index contributed by atoms with van der Waals surface area (Å²) in [5.41, 5.74) is 1.19. The average molecular weight is 410 g/mol. The predicted octanol–water partition coefficient (Wildman–Crippen LogP) is 3.31. The van der Waals surface area contributed by atoms with E-state index in [0.29, 0.717) is 37.5 Å². The molecule has 2 amide bonds. The molecule has 2 aromatic heterocycles. The van der Waals surface area contributed by atoms with Gasteiger partial charge in [0.2, 0.25) is 0 Å². The van der Waals surface area contributed by atoms with Crippen LogP contribution in [0.25, 0.3) is 0 Å². The summed E-state index contributed by atoms with van der Waals surface area (Å²) in [6, 6.07) is 5.90. The van der Waals surface area contributed by atoms with Gasteiger partial charge in [0.1, 0.15) is 23.5 Å². The van der Waals surface area contributed by atoms with Gasteiger partial charge in [0.05, 0.1) is 12.9 Å². The molecule has 154 valence electrons. The Morgan fingerprint density at radius 1 is 1.10 bits per heavy atom. The molecule has 1 aliphatic rings. The molecule has 0 aliphatic carbocycles. The molecule has 0 radical (unpaired) electrons. The number of nitrogens with one attached hydrogen (secondary N) is 1. The van der Waals surface area contributed by atoms with Crippen LogP contribution in [-0.2, 0) is 13.1 Å². The van der Waals surface area contributed by atoms with Gasteiger partial charge < -0.3 is 9.47 Å². The van der Waals surface area contributed by atoms with Crippen molar-refractivity contribution in [1.82, 2.24) is 24.8 Å². The topological polar surface area (TPSA) is 75.4 Å². The number of amides is 2. The minimum atomic E-state index is -0.700. The SMILES string of the molecule is O=C1NC(=NCc2cccnc2)C(c2cc(F)cc(F)c2)N1CCCn1ccnc1. The fourth-order valence-electron chi connectivity index (χ4n) is 3.45. The highest BCUT2D eigenvalue weighted by Crippen LogP contribution is 2.28. The largest absolute Gasteiger partial charge is 0.337 e. The van der Waals surface area contributed by atoms with Crippen LogP contribution in [0, 0.1) is 11.6 Å². The predicted molar refractivity (Wildman–Crippen MR) is 107 cm³/mol. The first-order chi connectivity index (χ1) is 14.6. The van der Waals surface area contributed by atoms with Crippen LogP contribution in [0.3, 0.4) is 0 Å². The van der Waals surface area contributed by atoms with E-state index in [1.165, 1.54) is 12.1 Å². The van der Waals surface area contributed by atoms with E-state index in [-0.39, 0.29) is 6.03 Å². The van der Waals surface area contributed by atoms with Gasteiger partial charge in [0.15, 0.2) is 0 Å². The summed E-state index contributed by atoms with van der Waals surface area (Å²) in [5, 5.41) is 2.76. The number of amidine groups is 1. The molecule has 1 fully saturated rings. The Morgan fingerprint density at radius 2 is 1.93 bits per heavy atom. The number of carbonyl (C=O) groups is 1. The van der Waals surface area contributed by atoms with Gasteiger partial charge in [-0.05, 0) is 35.7 Å². The maximum atomic E-state index is 13.9. The molecule has 1 unspecified atom stereocenters. The van der Waals surface area contributed by atoms with Gasteiger partial charge in [-0.1, -0.05) is 6.07 Å². The third-order valence-corrected chi connectivity index (χ3v) is 4.80. The number of aliphatic imine (C=N–C) groups is 1. The molecule has 0 spiro atoms. The maximum absolute atomic E-state index is 13.9. The fourth-order valence-corrected chi connectivity index (χ4v) is 3.45. The summed E-state index contributed by atoms with van der Waals surface area (Å²) >= 11 is 0. The van der Waals surface area contributed by atoms with Gasteiger partial charge in [-0.3, -0.25) is 15.3 Å². The quantitative estimate of drug-likeness (QED) is 0.649. The summed E-state index contributed by atoms with van der Waals surface area (Å²) < 4.78 is 29.7. The molecule has 1 aromatic carbocycles. The minimum absolute atomic E-state index is 0.292. The zero-order valence-electron chi connectivity index (χ0n) is 16.1. The number of hydrogen-bond acceptors (Lipinski definition) is 4. The summed E-state index contributed by atoms with van der Waals surface area (Å²) in [5.74, 6) is -1.04. The van der Waals surface area contributed by atoms with Gasteiger partial charge in [0.25, 0.3) is 0 Å². The molecule has 3 aromatic rings. The van der Waals surface area contributed by atoms with Crippen molar-refractivity contribution in [2.75, 3.05) is 6.54 Å². The van der Waals surface area contributed by atoms with Crippen molar-refractivity contribution < 1.29 is 13.6 Å². The Balaban J connectivity index is 1.59. The Hall–Kier alpha value is -3.62. The van der Waals surface area contributed by atoms with Crippen molar-refractivity contribution in [1.29, 1.82) is 0 Å². The van der Waals surface area contributed by atoms with Crippen molar-refractivity contribution in [2.45, 2.75) is 25.6 Å². The molecule has 1 aliphatic heterocycles. The molecular weight excluding hydrogens is 390 g/mol. The number of rotatable bonds is 7. The number of nitrogens with zero attached hydrogens (tertiary/aromatic N) is 5. The van der Waals surface area contributed by atoms with Crippen molar-refractivity contribution in [3.63, 3.8) is 0 Å². The van der Waals surface area contributed by atoms with Crippen LogP contribution < -0.4 is 5.32 Å². The lowest BCUT2D eigenvalue weighted by Crippen LogP contribution is -2.31. The van der Waals surface area contributed by atoms with Gasteiger partial charge in [-0.25, -0.2) is 18.6 Å². The fraction of sp³-hybridized carbons (Fsp3) is 0.238. The van der Waals surface area contributed by atoms with Crippen molar-refractivity contribution in [3.05, 3.63) is 84.2 Å². The Bertz CT molecular complexity index is 1020. The standard InChI is InChI=1S/C21H20F2N6O/c22-17-9-16(10-18(23)11-17)19-20(26-13-15-3-1-4-24-12-15)27-21(30)29(19)7-2-6-28-8-5-25-14-28/h1,3-5,8-12,14,19H,2,6-7,13H2,(H,26,27,30). The smallest absolute Gasteiger partial charge is 0.323 e. The van der Waals surface area contributed by atoms with E-state index < -0.39 is 17.7 Å². The molecule has 1 atom stereocenters. The molecule has 9 heteroatoms. The summed E-state index contributed by atoms with van der Waals surface area (Å²) in [6.07, 6.45) is 9.21. The zero-order chi connectivity index (χ0) is 20.9. The van der Waals surface area contributed by atoms with E-state index in [9.17, 15) is 13.6 Å². The van der Waals surface area contributed by atoms with E-state index in [1.807, 2.05) is 16.8 Å². The van der Waals surface area contributed by atoms with Crippen molar-refractivity contribution in [2.24, 2.45) is 4.99 Å². The van der Waals surface area contributed by atoms with Crippen molar-refractivity contribution >= 4 is 11.9 Å². The van der Waals surface area contributed by atoms with E-state index >= 15 is 0 Å². The highest BCUT2D eigenvalue weighted by molar-refractivity contribution is 6.07. The van der Waals surface area contributed by atoms with Crippen LogP contribution in [0.15, 0.2) is 66.4 Å². The van der Waals surface area contributed by atoms with Gasteiger partial charge in [-0.2, -0.15) is 0 Å². The number of urea groups is 1. The lowest BCUT2D eigenvalue weighted by Gasteiger charge is -2.23. The minimum Gasteiger partial charge on any atom is -0.337 e. The highest BCUT2D eigenvalue weighted by atomic mass is 19.1. The molecule has 4 rings (SSSR count). The van der Waals surface area contributed by atoms with E-state index in [0.717, 1.165) is 11.6 Å².